The summed E-state index contributed by atoms with van der Waals surface area (Å²) in [5.74, 6) is 0.718. The highest BCUT2D eigenvalue weighted by Gasteiger charge is 2.09. The molecule has 2 N–H and O–H groups in total. The maximum absolute atomic E-state index is 5.97. The van der Waals surface area contributed by atoms with Crippen LogP contribution in [0.2, 0.25) is 15.1 Å². The van der Waals surface area contributed by atoms with Crippen molar-refractivity contribution in [3.05, 3.63) is 62.6 Å². The standard InChI is InChI=1S/C15H14Cl3NO/c1-9(19)12-7-11(16)3-5-15(12)20-8-10-2-4-13(17)14(18)6-10/h2-7,9H,8,19H2,1H3/t9-/m0/s1. The fourth-order valence-electron chi connectivity index (χ4n) is 1.80. The first-order valence-electron chi connectivity index (χ1n) is 6.09. The minimum absolute atomic E-state index is 0.155. The van der Waals surface area contributed by atoms with Gasteiger partial charge in [-0.1, -0.05) is 40.9 Å². The first-order valence-corrected chi connectivity index (χ1v) is 7.22. The topological polar surface area (TPSA) is 35.2 Å². The van der Waals surface area contributed by atoms with Gasteiger partial charge in [-0.05, 0) is 42.8 Å². The monoisotopic (exact) mass is 329 g/mol. The number of nitrogens with two attached hydrogens (primary N) is 1. The van der Waals surface area contributed by atoms with E-state index in [1.807, 2.05) is 25.1 Å². The van der Waals surface area contributed by atoms with Crippen LogP contribution in [0.1, 0.15) is 24.1 Å². The highest BCUT2D eigenvalue weighted by atomic mass is 35.5. The van der Waals surface area contributed by atoms with Crippen LogP contribution in [0.15, 0.2) is 36.4 Å². The Bertz CT molecular complexity index is 614. The van der Waals surface area contributed by atoms with Crippen LogP contribution in [0.3, 0.4) is 0 Å². The number of benzene rings is 2. The van der Waals surface area contributed by atoms with E-state index in [-0.39, 0.29) is 6.04 Å². The van der Waals surface area contributed by atoms with Gasteiger partial charge in [-0.15, -0.1) is 0 Å². The molecule has 0 fully saturated rings. The number of halogens is 3. The minimum atomic E-state index is -0.155. The Labute approximate surface area is 133 Å². The summed E-state index contributed by atoms with van der Waals surface area (Å²) in [6.45, 7) is 2.27. The van der Waals surface area contributed by atoms with E-state index in [4.69, 9.17) is 45.3 Å². The third kappa shape index (κ3) is 3.80. The maximum atomic E-state index is 5.97. The van der Waals surface area contributed by atoms with Crippen LogP contribution in [0.25, 0.3) is 0 Å². The number of rotatable bonds is 4. The van der Waals surface area contributed by atoms with Gasteiger partial charge >= 0.3 is 0 Å². The Morgan fingerprint density at radius 1 is 1.05 bits per heavy atom. The first kappa shape index (κ1) is 15.5. The Morgan fingerprint density at radius 2 is 1.80 bits per heavy atom. The molecule has 1 atom stereocenters. The first-order chi connectivity index (χ1) is 9.47. The van der Waals surface area contributed by atoms with Gasteiger partial charge < -0.3 is 10.5 Å². The van der Waals surface area contributed by atoms with Crippen LogP contribution in [0.4, 0.5) is 0 Å². The molecule has 20 heavy (non-hydrogen) atoms. The lowest BCUT2D eigenvalue weighted by atomic mass is 10.1. The van der Waals surface area contributed by atoms with Crippen molar-refractivity contribution in [2.45, 2.75) is 19.6 Å². The van der Waals surface area contributed by atoms with Crippen molar-refractivity contribution in [2.24, 2.45) is 5.73 Å². The van der Waals surface area contributed by atoms with Crippen LogP contribution >= 0.6 is 34.8 Å². The third-order valence-electron chi connectivity index (χ3n) is 2.84. The SMILES string of the molecule is C[C@H](N)c1cc(Cl)ccc1OCc1ccc(Cl)c(Cl)c1. The van der Waals surface area contributed by atoms with Gasteiger partial charge in [-0.3, -0.25) is 0 Å². The molecule has 2 aromatic carbocycles. The molecule has 0 aliphatic carbocycles. The molecule has 5 heteroatoms. The summed E-state index contributed by atoms with van der Waals surface area (Å²) < 4.78 is 5.79. The van der Waals surface area contributed by atoms with E-state index < -0.39 is 0 Å². The summed E-state index contributed by atoms with van der Waals surface area (Å²) in [4.78, 5) is 0. The second-order valence-electron chi connectivity index (χ2n) is 4.51. The van der Waals surface area contributed by atoms with E-state index in [1.54, 1.807) is 18.2 Å². The largest absolute Gasteiger partial charge is 0.489 e. The Kier molecular flexibility index (Phi) is 5.17. The number of ether oxygens (including phenoxy) is 1. The molecular formula is C15H14Cl3NO. The summed E-state index contributed by atoms with van der Waals surface area (Å²) in [5, 5.41) is 1.67. The van der Waals surface area contributed by atoms with Gasteiger partial charge in [0.15, 0.2) is 0 Å². The second-order valence-corrected chi connectivity index (χ2v) is 5.76. The van der Waals surface area contributed by atoms with E-state index in [1.165, 1.54) is 0 Å². The summed E-state index contributed by atoms with van der Waals surface area (Å²) in [7, 11) is 0. The third-order valence-corrected chi connectivity index (χ3v) is 3.81. The van der Waals surface area contributed by atoms with E-state index in [0.29, 0.717) is 21.7 Å². The van der Waals surface area contributed by atoms with Gasteiger partial charge in [0.25, 0.3) is 0 Å². The number of hydrogen-bond acceptors (Lipinski definition) is 2. The zero-order valence-corrected chi connectivity index (χ0v) is 13.1. The summed E-state index contributed by atoms with van der Waals surface area (Å²) >= 11 is 17.8. The summed E-state index contributed by atoms with van der Waals surface area (Å²) in [6, 6.07) is 10.7. The molecule has 2 nitrogen and oxygen atoms in total. The molecule has 0 aromatic heterocycles. The van der Waals surface area contributed by atoms with Crippen LogP contribution in [-0.4, -0.2) is 0 Å². The predicted octanol–water partition coefficient (Wildman–Crippen LogP) is 5.25. The van der Waals surface area contributed by atoms with E-state index in [2.05, 4.69) is 0 Å². The highest BCUT2D eigenvalue weighted by molar-refractivity contribution is 6.42. The lowest BCUT2D eigenvalue weighted by Crippen LogP contribution is -2.08. The van der Waals surface area contributed by atoms with E-state index in [9.17, 15) is 0 Å². The quantitative estimate of drug-likeness (QED) is 0.831. The normalized spacial score (nSPS) is 12.2. The van der Waals surface area contributed by atoms with Gasteiger partial charge in [0, 0.05) is 16.6 Å². The molecule has 2 aromatic rings. The van der Waals surface area contributed by atoms with Crippen molar-refractivity contribution in [1.29, 1.82) is 0 Å². The molecule has 0 amide bonds. The molecule has 0 saturated carbocycles. The smallest absolute Gasteiger partial charge is 0.124 e. The highest BCUT2D eigenvalue weighted by Crippen LogP contribution is 2.29. The minimum Gasteiger partial charge on any atom is -0.489 e. The molecule has 0 bridgehead atoms. The fraction of sp³-hybridized carbons (Fsp3) is 0.200. The molecule has 0 aliphatic heterocycles. The van der Waals surface area contributed by atoms with Crippen molar-refractivity contribution in [3.8, 4) is 5.75 Å². The Hall–Kier alpha value is -0.930. The molecular weight excluding hydrogens is 317 g/mol. The van der Waals surface area contributed by atoms with Crippen LogP contribution in [0, 0.1) is 0 Å². The molecule has 0 spiro atoms. The molecule has 0 saturated heterocycles. The van der Waals surface area contributed by atoms with Crippen molar-refractivity contribution in [1.82, 2.24) is 0 Å². The van der Waals surface area contributed by atoms with E-state index >= 15 is 0 Å². The molecule has 2 rings (SSSR count). The molecule has 0 radical (unpaired) electrons. The molecule has 0 heterocycles. The maximum Gasteiger partial charge on any atom is 0.124 e. The molecule has 0 unspecified atom stereocenters. The average Bonchev–Trinajstić information content (AvgIpc) is 2.41. The van der Waals surface area contributed by atoms with Gasteiger partial charge in [0.1, 0.15) is 12.4 Å². The Balaban J connectivity index is 2.16. The van der Waals surface area contributed by atoms with Crippen LogP contribution in [0.5, 0.6) is 5.75 Å². The van der Waals surface area contributed by atoms with E-state index in [0.717, 1.165) is 16.9 Å². The lowest BCUT2D eigenvalue weighted by molar-refractivity contribution is 0.301. The zero-order chi connectivity index (χ0) is 14.7. The van der Waals surface area contributed by atoms with Gasteiger partial charge in [-0.2, -0.15) is 0 Å². The number of hydrogen-bond donors (Lipinski definition) is 1. The zero-order valence-electron chi connectivity index (χ0n) is 10.9. The van der Waals surface area contributed by atoms with Crippen LogP contribution in [-0.2, 0) is 6.61 Å². The molecule has 106 valence electrons. The van der Waals surface area contributed by atoms with Gasteiger partial charge in [0.2, 0.25) is 0 Å². The average molecular weight is 331 g/mol. The lowest BCUT2D eigenvalue weighted by Gasteiger charge is -2.14. The van der Waals surface area contributed by atoms with Gasteiger partial charge in [0.05, 0.1) is 10.0 Å². The van der Waals surface area contributed by atoms with Crippen molar-refractivity contribution in [3.63, 3.8) is 0 Å². The fourth-order valence-corrected chi connectivity index (χ4v) is 2.30. The van der Waals surface area contributed by atoms with Crippen molar-refractivity contribution >= 4 is 34.8 Å². The van der Waals surface area contributed by atoms with Crippen molar-refractivity contribution < 1.29 is 4.74 Å². The predicted molar refractivity (Wildman–Crippen MR) is 84.8 cm³/mol. The summed E-state index contributed by atoms with van der Waals surface area (Å²) in [6.07, 6.45) is 0. The van der Waals surface area contributed by atoms with Crippen LogP contribution < -0.4 is 10.5 Å². The second kappa shape index (κ2) is 6.68. The molecule has 0 aliphatic rings. The Morgan fingerprint density at radius 3 is 2.45 bits per heavy atom. The summed E-state index contributed by atoms with van der Waals surface area (Å²) in [5.41, 5.74) is 7.73. The van der Waals surface area contributed by atoms with Crippen molar-refractivity contribution in [2.75, 3.05) is 0 Å². The van der Waals surface area contributed by atoms with Gasteiger partial charge in [-0.25, -0.2) is 0 Å².